The molecule has 0 spiro atoms. The van der Waals surface area contributed by atoms with Crippen molar-refractivity contribution in [3.63, 3.8) is 0 Å². The lowest BCUT2D eigenvalue weighted by atomic mass is 10.0. The minimum absolute atomic E-state index is 0.0186. The van der Waals surface area contributed by atoms with Crippen molar-refractivity contribution >= 4 is 39.1 Å². The number of rotatable bonds is 4. The molecule has 2 aliphatic heterocycles. The van der Waals surface area contributed by atoms with Gasteiger partial charge >= 0.3 is 0 Å². The smallest absolute Gasteiger partial charge is 0.286 e. The van der Waals surface area contributed by atoms with E-state index in [4.69, 9.17) is 11.6 Å². The van der Waals surface area contributed by atoms with E-state index in [1.807, 2.05) is 0 Å². The number of hydrogen-bond acceptors (Lipinski definition) is 5. The third-order valence-corrected chi connectivity index (χ3v) is 7.36. The van der Waals surface area contributed by atoms with Gasteiger partial charge in [-0.15, -0.1) is 4.40 Å². The largest absolute Gasteiger partial charge is 0.509 e. The normalized spacial score (nSPS) is 19.0. The van der Waals surface area contributed by atoms with E-state index < -0.39 is 33.5 Å². The van der Waals surface area contributed by atoms with Gasteiger partial charge in [0.05, 0.1) is 5.69 Å². The van der Waals surface area contributed by atoms with Crippen molar-refractivity contribution < 1.29 is 22.7 Å². The minimum atomic E-state index is -4.11. The summed E-state index contributed by atoms with van der Waals surface area (Å²) < 4.78 is 42.8. The van der Waals surface area contributed by atoms with Crippen molar-refractivity contribution in [1.29, 1.82) is 0 Å². The van der Waals surface area contributed by atoms with Crippen LogP contribution in [0.3, 0.4) is 0 Å². The first-order valence-electron chi connectivity index (χ1n) is 10.2. The Morgan fingerprint density at radius 3 is 2.44 bits per heavy atom. The number of amides is 1. The summed E-state index contributed by atoms with van der Waals surface area (Å²) in [7, 11) is -4.11. The topological polar surface area (TPSA) is 99.1 Å². The summed E-state index contributed by atoms with van der Waals surface area (Å²) in [5, 5.41) is 14.5. The third-order valence-electron chi connectivity index (χ3n) is 5.65. The first-order valence-corrected chi connectivity index (χ1v) is 12.0. The number of anilines is 1. The third kappa shape index (κ3) is 3.72. The standard InChI is InChI=1S/C24H17ClFN3O4S/c25-17-6-2-1-5-15(17)13-29-21(14-9-11-16(26)12-10-14)22(30)20(24(29)31)23-27-18-7-3-4-8-19(18)34(32,33)28-23/h1-12,21,30H,13H2,(H,27,28). The van der Waals surface area contributed by atoms with E-state index in [2.05, 4.69) is 9.71 Å². The van der Waals surface area contributed by atoms with E-state index in [0.717, 1.165) is 0 Å². The summed E-state index contributed by atoms with van der Waals surface area (Å²) in [6, 6.07) is 17.4. The van der Waals surface area contributed by atoms with Crippen molar-refractivity contribution in [2.45, 2.75) is 17.5 Å². The van der Waals surface area contributed by atoms with Gasteiger partial charge in [0.25, 0.3) is 15.9 Å². The van der Waals surface area contributed by atoms with Crippen molar-refractivity contribution in [1.82, 2.24) is 4.90 Å². The number of sulfonamides is 1. The number of para-hydroxylation sites is 1. The maximum Gasteiger partial charge on any atom is 0.286 e. The maximum atomic E-state index is 13.6. The van der Waals surface area contributed by atoms with Gasteiger partial charge < -0.3 is 15.3 Å². The zero-order chi connectivity index (χ0) is 24.0. The highest BCUT2D eigenvalue weighted by molar-refractivity contribution is 7.90. The van der Waals surface area contributed by atoms with Crippen LogP contribution in [0.1, 0.15) is 17.2 Å². The molecule has 172 valence electrons. The fourth-order valence-electron chi connectivity index (χ4n) is 4.06. The monoisotopic (exact) mass is 497 g/mol. The lowest BCUT2D eigenvalue weighted by molar-refractivity contribution is -0.127. The van der Waals surface area contributed by atoms with Crippen LogP contribution < -0.4 is 5.32 Å². The van der Waals surface area contributed by atoms with Crippen molar-refractivity contribution in [3.8, 4) is 0 Å². The van der Waals surface area contributed by atoms with E-state index >= 15 is 0 Å². The fourth-order valence-corrected chi connectivity index (χ4v) is 5.37. The Bertz CT molecular complexity index is 1490. The van der Waals surface area contributed by atoms with Gasteiger partial charge in [0.15, 0.2) is 5.84 Å². The molecule has 1 unspecified atom stereocenters. The second-order valence-corrected chi connectivity index (χ2v) is 9.75. The second kappa shape index (κ2) is 8.27. The van der Waals surface area contributed by atoms with E-state index in [1.165, 1.54) is 41.3 Å². The molecule has 10 heteroatoms. The zero-order valence-corrected chi connectivity index (χ0v) is 19.0. The molecular formula is C24H17ClFN3O4S. The Labute approximate surface area is 199 Å². The maximum absolute atomic E-state index is 13.6. The fraction of sp³-hybridized carbons (Fsp3) is 0.0833. The van der Waals surface area contributed by atoms with Crippen LogP contribution in [-0.4, -0.2) is 30.2 Å². The van der Waals surface area contributed by atoms with Crippen LogP contribution in [-0.2, 0) is 21.4 Å². The Morgan fingerprint density at radius 2 is 1.71 bits per heavy atom. The molecule has 0 fully saturated rings. The molecule has 0 saturated carbocycles. The molecule has 2 aliphatic rings. The van der Waals surface area contributed by atoms with Gasteiger partial charge in [-0.05, 0) is 41.5 Å². The van der Waals surface area contributed by atoms with Crippen molar-refractivity contribution in [2.24, 2.45) is 4.40 Å². The average molecular weight is 498 g/mol. The number of nitrogens with zero attached hydrogens (tertiary/aromatic N) is 2. The van der Waals surface area contributed by atoms with Crippen LogP contribution in [0.15, 0.2) is 93.4 Å². The number of aliphatic hydroxyl groups excluding tert-OH is 1. The van der Waals surface area contributed by atoms with Gasteiger partial charge in [-0.2, -0.15) is 8.42 Å². The Morgan fingerprint density at radius 1 is 1.03 bits per heavy atom. The number of fused-ring (bicyclic) bond motifs is 1. The number of carbonyl (C=O) groups is 1. The predicted molar refractivity (Wildman–Crippen MR) is 125 cm³/mol. The number of amidine groups is 1. The van der Waals surface area contributed by atoms with E-state index in [9.17, 15) is 22.7 Å². The van der Waals surface area contributed by atoms with E-state index in [1.54, 1.807) is 36.4 Å². The second-order valence-electron chi connectivity index (χ2n) is 7.77. The van der Waals surface area contributed by atoms with Crippen LogP contribution in [0.4, 0.5) is 10.1 Å². The first-order chi connectivity index (χ1) is 16.3. The molecule has 5 rings (SSSR count). The van der Waals surface area contributed by atoms with E-state index in [0.29, 0.717) is 16.1 Å². The molecule has 0 radical (unpaired) electrons. The van der Waals surface area contributed by atoms with Crippen LogP contribution in [0.5, 0.6) is 0 Å². The quantitative estimate of drug-likeness (QED) is 0.549. The Hall–Kier alpha value is -3.69. The molecule has 0 bridgehead atoms. The molecule has 2 heterocycles. The number of halogens is 2. The highest BCUT2D eigenvalue weighted by Gasteiger charge is 2.44. The lowest BCUT2D eigenvalue weighted by Crippen LogP contribution is -2.33. The Kier molecular flexibility index (Phi) is 5.38. The molecule has 1 amide bonds. The van der Waals surface area contributed by atoms with Gasteiger partial charge in [-0.25, -0.2) is 4.39 Å². The molecule has 3 aromatic rings. The lowest BCUT2D eigenvalue weighted by Gasteiger charge is -2.26. The van der Waals surface area contributed by atoms with Crippen LogP contribution in [0.25, 0.3) is 0 Å². The highest BCUT2D eigenvalue weighted by Crippen LogP contribution is 2.40. The number of benzene rings is 3. The van der Waals surface area contributed by atoms with Crippen molar-refractivity contribution in [3.05, 3.63) is 106 Å². The predicted octanol–water partition coefficient (Wildman–Crippen LogP) is 4.59. The minimum Gasteiger partial charge on any atom is -0.509 e. The summed E-state index contributed by atoms with van der Waals surface area (Å²) in [6.45, 7) is 0.0186. The van der Waals surface area contributed by atoms with Crippen LogP contribution in [0.2, 0.25) is 5.02 Å². The average Bonchev–Trinajstić information content (AvgIpc) is 3.05. The number of aliphatic hydroxyl groups is 1. The number of hydrogen-bond donors (Lipinski definition) is 2. The van der Waals surface area contributed by atoms with Crippen molar-refractivity contribution in [2.75, 3.05) is 5.32 Å². The van der Waals surface area contributed by atoms with Gasteiger partial charge in [-0.1, -0.05) is 54.1 Å². The molecule has 0 aromatic heterocycles. The van der Waals surface area contributed by atoms with Crippen LogP contribution in [0, 0.1) is 5.82 Å². The molecule has 7 nitrogen and oxygen atoms in total. The van der Waals surface area contributed by atoms with Gasteiger partial charge in [0.2, 0.25) is 0 Å². The van der Waals surface area contributed by atoms with Gasteiger partial charge in [0.1, 0.15) is 28.1 Å². The molecule has 0 aliphatic carbocycles. The SMILES string of the molecule is O=C1C(C2=NS(=O)(=O)c3ccccc3N2)=C(O)C(c2ccc(F)cc2)N1Cc1ccccc1Cl. The van der Waals surface area contributed by atoms with Crippen LogP contribution >= 0.6 is 11.6 Å². The van der Waals surface area contributed by atoms with E-state index in [-0.39, 0.29) is 28.5 Å². The van der Waals surface area contributed by atoms with Gasteiger partial charge in [-0.3, -0.25) is 4.79 Å². The summed E-state index contributed by atoms with van der Waals surface area (Å²) in [5.74, 6) is -1.80. The molecule has 3 aromatic carbocycles. The molecule has 34 heavy (non-hydrogen) atoms. The summed E-state index contributed by atoms with van der Waals surface area (Å²) in [4.78, 5) is 14.9. The first kappa shape index (κ1) is 22.1. The molecular weight excluding hydrogens is 481 g/mol. The number of nitrogens with one attached hydrogen (secondary N) is 1. The van der Waals surface area contributed by atoms with Gasteiger partial charge in [0, 0.05) is 11.6 Å². The molecule has 1 atom stereocenters. The zero-order valence-electron chi connectivity index (χ0n) is 17.4. The highest BCUT2D eigenvalue weighted by atomic mass is 35.5. The summed E-state index contributed by atoms with van der Waals surface area (Å²) in [5.41, 5.74) is 1.02. The number of carbonyl (C=O) groups excluding carboxylic acids is 1. The summed E-state index contributed by atoms with van der Waals surface area (Å²) >= 11 is 6.30. The Balaban J connectivity index is 1.63. The molecule has 0 saturated heterocycles. The molecule has 2 N–H and O–H groups in total. The summed E-state index contributed by atoms with van der Waals surface area (Å²) in [6.07, 6.45) is 0.